The predicted octanol–water partition coefficient (Wildman–Crippen LogP) is 0.478. The molecule has 3 aromatic heterocycles. The number of nitrogens with one attached hydrogen (secondary N) is 2. The van der Waals surface area contributed by atoms with Gasteiger partial charge in [-0.3, -0.25) is 14.3 Å². The van der Waals surface area contributed by atoms with Crippen LogP contribution in [0.2, 0.25) is 0 Å². The Balaban J connectivity index is 2.32. The number of H-pyrrole nitrogens is 2. The van der Waals surface area contributed by atoms with E-state index in [0.29, 0.717) is 23.7 Å². The highest BCUT2D eigenvalue weighted by molar-refractivity contribution is 5.74. The molecule has 3 rings (SSSR count). The zero-order valence-corrected chi connectivity index (χ0v) is 10.1. The van der Waals surface area contributed by atoms with Crippen LogP contribution >= 0.6 is 0 Å². The Morgan fingerprint density at radius 1 is 1.37 bits per heavy atom. The molecule has 0 atom stereocenters. The average Bonchev–Trinajstić information content (AvgIpc) is 3.02. The molecular formula is C11H11N5O3. The molecular weight excluding hydrogens is 250 g/mol. The Kier molecular flexibility index (Phi) is 2.55. The van der Waals surface area contributed by atoms with Crippen LogP contribution in [0.25, 0.3) is 22.7 Å². The van der Waals surface area contributed by atoms with Crippen molar-refractivity contribution in [2.24, 2.45) is 0 Å². The fourth-order valence-electron chi connectivity index (χ4n) is 1.93. The molecule has 0 amide bonds. The lowest BCUT2D eigenvalue weighted by Gasteiger charge is -2.02. The number of imidazole rings is 1. The standard InChI is InChI=1S/C11H11N5O3/c1-2-4-16-9-7(10(17)14-11(16)18)12-8(13-9)6-3-5-19-15-6/h3,5H,2,4H2,1H3,(H,12,13)(H,14,17,18). The highest BCUT2D eigenvalue weighted by Crippen LogP contribution is 2.15. The highest BCUT2D eigenvalue weighted by Gasteiger charge is 2.14. The van der Waals surface area contributed by atoms with E-state index in [0.717, 1.165) is 6.42 Å². The van der Waals surface area contributed by atoms with Gasteiger partial charge in [0, 0.05) is 12.6 Å². The van der Waals surface area contributed by atoms with Crippen molar-refractivity contribution in [3.8, 4) is 11.5 Å². The van der Waals surface area contributed by atoms with E-state index in [1.165, 1.54) is 10.8 Å². The van der Waals surface area contributed by atoms with Gasteiger partial charge in [0.05, 0.1) is 0 Å². The first-order valence-corrected chi connectivity index (χ1v) is 5.84. The van der Waals surface area contributed by atoms with Crippen molar-refractivity contribution in [2.45, 2.75) is 19.9 Å². The maximum Gasteiger partial charge on any atom is 0.330 e. The summed E-state index contributed by atoms with van der Waals surface area (Å²) in [4.78, 5) is 32.9. The van der Waals surface area contributed by atoms with Crippen molar-refractivity contribution < 1.29 is 4.52 Å². The van der Waals surface area contributed by atoms with Crippen molar-refractivity contribution >= 4 is 11.2 Å². The fourth-order valence-corrected chi connectivity index (χ4v) is 1.93. The third-order valence-electron chi connectivity index (χ3n) is 2.76. The summed E-state index contributed by atoms with van der Waals surface area (Å²) in [6.07, 6.45) is 2.17. The third-order valence-corrected chi connectivity index (χ3v) is 2.76. The van der Waals surface area contributed by atoms with Crippen LogP contribution in [0, 0.1) is 0 Å². The molecule has 3 heterocycles. The van der Waals surface area contributed by atoms with E-state index in [-0.39, 0.29) is 5.52 Å². The van der Waals surface area contributed by atoms with Crippen LogP contribution in [-0.4, -0.2) is 24.7 Å². The van der Waals surface area contributed by atoms with Gasteiger partial charge in [-0.15, -0.1) is 0 Å². The molecule has 3 aromatic rings. The van der Waals surface area contributed by atoms with Gasteiger partial charge in [0.1, 0.15) is 17.5 Å². The maximum atomic E-state index is 11.8. The summed E-state index contributed by atoms with van der Waals surface area (Å²) in [5, 5.41) is 3.74. The first-order chi connectivity index (χ1) is 9.20. The Morgan fingerprint density at radius 3 is 2.89 bits per heavy atom. The van der Waals surface area contributed by atoms with E-state index in [1.807, 2.05) is 6.92 Å². The predicted molar refractivity (Wildman–Crippen MR) is 66.8 cm³/mol. The fraction of sp³-hybridized carbons (Fsp3) is 0.273. The Morgan fingerprint density at radius 2 is 2.21 bits per heavy atom. The van der Waals surface area contributed by atoms with Crippen LogP contribution < -0.4 is 11.2 Å². The number of aromatic amines is 2. The Labute approximate surface area is 106 Å². The van der Waals surface area contributed by atoms with Crippen LogP contribution in [0.5, 0.6) is 0 Å². The zero-order valence-electron chi connectivity index (χ0n) is 10.1. The molecule has 0 aliphatic heterocycles. The molecule has 0 unspecified atom stereocenters. The number of hydrogen-bond acceptors (Lipinski definition) is 5. The molecule has 0 saturated carbocycles. The van der Waals surface area contributed by atoms with Crippen molar-refractivity contribution in [1.29, 1.82) is 0 Å². The summed E-state index contributed by atoms with van der Waals surface area (Å²) in [5.41, 5.74) is 0.109. The molecule has 0 radical (unpaired) electrons. The van der Waals surface area contributed by atoms with Crippen LogP contribution in [0.4, 0.5) is 0 Å². The smallest absolute Gasteiger partial charge is 0.330 e. The summed E-state index contributed by atoms with van der Waals surface area (Å²) < 4.78 is 6.16. The monoisotopic (exact) mass is 261 g/mol. The molecule has 0 aromatic carbocycles. The summed E-state index contributed by atoms with van der Waals surface area (Å²) in [7, 11) is 0. The SMILES string of the molecule is CCCn1c(=O)[nH]c(=O)c2[nH]c(-c3ccon3)nc21. The summed E-state index contributed by atoms with van der Waals surface area (Å²) >= 11 is 0. The first-order valence-electron chi connectivity index (χ1n) is 5.84. The van der Waals surface area contributed by atoms with E-state index >= 15 is 0 Å². The minimum atomic E-state index is -0.491. The molecule has 0 aliphatic rings. The van der Waals surface area contributed by atoms with Crippen molar-refractivity contribution in [3.05, 3.63) is 33.2 Å². The normalized spacial score (nSPS) is 11.2. The van der Waals surface area contributed by atoms with Gasteiger partial charge in [-0.05, 0) is 6.42 Å². The van der Waals surface area contributed by atoms with Crippen LogP contribution in [0.1, 0.15) is 13.3 Å². The minimum absolute atomic E-state index is 0.256. The number of nitrogens with zero attached hydrogens (tertiary/aromatic N) is 3. The number of hydrogen-bond donors (Lipinski definition) is 2. The second kappa shape index (κ2) is 4.23. The van der Waals surface area contributed by atoms with Gasteiger partial charge in [-0.25, -0.2) is 9.78 Å². The van der Waals surface area contributed by atoms with E-state index in [9.17, 15) is 9.59 Å². The van der Waals surface area contributed by atoms with E-state index < -0.39 is 11.2 Å². The molecule has 0 bridgehead atoms. The van der Waals surface area contributed by atoms with Gasteiger partial charge in [0.2, 0.25) is 0 Å². The zero-order chi connectivity index (χ0) is 13.4. The molecule has 0 spiro atoms. The van der Waals surface area contributed by atoms with Gasteiger partial charge in [-0.2, -0.15) is 0 Å². The number of aromatic nitrogens is 5. The molecule has 19 heavy (non-hydrogen) atoms. The minimum Gasteiger partial charge on any atom is -0.364 e. The second-order valence-corrected chi connectivity index (χ2v) is 4.08. The van der Waals surface area contributed by atoms with Gasteiger partial charge in [-0.1, -0.05) is 12.1 Å². The second-order valence-electron chi connectivity index (χ2n) is 4.08. The van der Waals surface area contributed by atoms with Gasteiger partial charge in [0.25, 0.3) is 5.56 Å². The molecule has 0 saturated heterocycles. The van der Waals surface area contributed by atoms with Crippen LogP contribution in [0.15, 0.2) is 26.4 Å². The van der Waals surface area contributed by atoms with Crippen LogP contribution in [-0.2, 0) is 6.54 Å². The van der Waals surface area contributed by atoms with E-state index in [1.54, 1.807) is 6.07 Å². The van der Waals surface area contributed by atoms with Gasteiger partial charge >= 0.3 is 5.69 Å². The van der Waals surface area contributed by atoms with Crippen molar-refractivity contribution in [1.82, 2.24) is 24.7 Å². The maximum absolute atomic E-state index is 11.8. The van der Waals surface area contributed by atoms with Crippen LogP contribution in [0.3, 0.4) is 0 Å². The lowest BCUT2D eigenvalue weighted by Crippen LogP contribution is -2.30. The Bertz CT molecular complexity index is 824. The van der Waals surface area contributed by atoms with Gasteiger partial charge < -0.3 is 9.51 Å². The quantitative estimate of drug-likeness (QED) is 0.712. The van der Waals surface area contributed by atoms with Gasteiger partial charge in [0.15, 0.2) is 11.5 Å². The number of rotatable bonds is 3. The molecule has 0 fully saturated rings. The third kappa shape index (κ3) is 1.77. The van der Waals surface area contributed by atoms with E-state index in [2.05, 4.69) is 20.1 Å². The molecule has 2 N–H and O–H groups in total. The largest absolute Gasteiger partial charge is 0.364 e. The summed E-state index contributed by atoms with van der Waals surface area (Å²) in [6, 6.07) is 1.62. The lowest BCUT2D eigenvalue weighted by atomic mass is 10.4. The number of fused-ring (bicyclic) bond motifs is 1. The number of aryl methyl sites for hydroxylation is 1. The topological polar surface area (TPSA) is 110 Å². The van der Waals surface area contributed by atoms with Crippen molar-refractivity contribution in [2.75, 3.05) is 0 Å². The molecule has 0 aliphatic carbocycles. The summed E-state index contributed by atoms with van der Waals surface area (Å²) in [5.74, 6) is 0.393. The van der Waals surface area contributed by atoms with E-state index in [4.69, 9.17) is 4.52 Å². The average molecular weight is 261 g/mol. The Hall–Kier alpha value is -2.64. The molecule has 98 valence electrons. The first kappa shape index (κ1) is 11.5. The summed E-state index contributed by atoms with van der Waals surface area (Å²) in [6.45, 7) is 2.42. The molecule has 8 nitrogen and oxygen atoms in total. The lowest BCUT2D eigenvalue weighted by molar-refractivity contribution is 0.422. The molecule has 8 heteroatoms. The van der Waals surface area contributed by atoms with Crippen molar-refractivity contribution in [3.63, 3.8) is 0 Å². The highest BCUT2D eigenvalue weighted by atomic mass is 16.5.